The van der Waals surface area contributed by atoms with Gasteiger partial charge in [-0.05, 0) is 57.0 Å². The van der Waals surface area contributed by atoms with Crippen molar-refractivity contribution in [2.75, 3.05) is 6.54 Å². The molecular weight excluding hydrogens is 382 g/mol. The van der Waals surface area contributed by atoms with Crippen LogP contribution in [0.4, 0.5) is 0 Å². The number of rotatable bonds is 7. The van der Waals surface area contributed by atoms with Gasteiger partial charge in [-0.3, -0.25) is 25.1 Å². The zero-order valence-electron chi connectivity index (χ0n) is 16.4. The first-order valence-electron chi connectivity index (χ1n) is 8.74. The molecule has 1 aromatic heterocycles. The van der Waals surface area contributed by atoms with Crippen LogP contribution in [-0.2, 0) is 26.2 Å². The van der Waals surface area contributed by atoms with E-state index in [1.165, 1.54) is 10.7 Å². The molecule has 10 heteroatoms. The number of carbonyl (C=O) groups excluding carboxylic acids is 2. The van der Waals surface area contributed by atoms with Crippen LogP contribution in [0.5, 0.6) is 0 Å². The summed E-state index contributed by atoms with van der Waals surface area (Å²) in [6.45, 7) is 7.26. The molecule has 0 spiro atoms. The number of carbonyl (C=O) groups is 2. The Kier molecular flexibility index (Phi) is 6.92. The first-order valence-corrected chi connectivity index (χ1v) is 10.2. The number of benzene rings is 1. The number of nitrogens with one attached hydrogen (secondary N) is 3. The average molecular weight is 407 g/mol. The summed E-state index contributed by atoms with van der Waals surface area (Å²) in [5.74, 6) is -0.945. The van der Waals surface area contributed by atoms with Crippen molar-refractivity contribution < 1.29 is 18.0 Å². The van der Waals surface area contributed by atoms with Gasteiger partial charge in [-0.1, -0.05) is 6.07 Å². The highest BCUT2D eigenvalue weighted by molar-refractivity contribution is 7.89. The molecule has 1 heterocycles. The molecular formula is C18H25N5O4S. The molecule has 2 rings (SSSR count). The quantitative estimate of drug-likeness (QED) is 0.581. The highest BCUT2D eigenvalue weighted by Gasteiger charge is 2.15. The van der Waals surface area contributed by atoms with Crippen molar-refractivity contribution in [1.29, 1.82) is 0 Å². The molecule has 0 saturated carbocycles. The van der Waals surface area contributed by atoms with E-state index in [1.807, 2.05) is 33.8 Å². The van der Waals surface area contributed by atoms with Crippen molar-refractivity contribution >= 4 is 21.8 Å². The second-order valence-electron chi connectivity index (χ2n) is 6.57. The van der Waals surface area contributed by atoms with Gasteiger partial charge in [0.2, 0.25) is 15.9 Å². The van der Waals surface area contributed by atoms with E-state index in [1.54, 1.807) is 12.1 Å². The molecule has 2 amide bonds. The van der Waals surface area contributed by atoms with Gasteiger partial charge in [0.05, 0.1) is 10.6 Å². The standard InChI is InChI=1S/C18H25N5O4S/c1-12-5-6-16(9-13(12)2)28(26,27)19-8-7-17(24)20-21-18(25)11-23-15(4)10-14(3)22-23/h5-6,9-10,19H,7-8,11H2,1-4H3,(H,20,24)(H,21,25). The molecule has 1 aromatic carbocycles. The number of hydrazine groups is 1. The number of amides is 2. The molecule has 9 nitrogen and oxygen atoms in total. The minimum Gasteiger partial charge on any atom is -0.273 e. The third kappa shape index (κ3) is 5.89. The number of nitrogens with zero attached hydrogens (tertiary/aromatic N) is 2. The highest BCUT2D eigenvalue weighted by atomic mass is 32.2. The number of aryl methyl sites for hydroxylation is 4. The smallest absolute Gasteiger partial charge is 0.260 e. The molecule has 0 bridgehead atoms. The second-order valence-corrected chi connectivity index (χ2v) is 8.34. The van der Waals surface area contributed by atoms with Crippen molar-refractivity contribution in [3.8, 4) is 0 Å². The SMILES string of the molecule is Cc1cc(C)n(CC(=O)NNC(=O)CCNS(=O)(=O)c2ccc(C)c(C)c2)n1. The molecule has 0 saturated heterocycles. The van der Waals surface area contributed by atoms with Gasteiger partial charge in [-0.25, -0.2) is 13.1 Å². The third-order valence-corrected chi connectivity index (χ3v) is 5.63. The fraction of sp³-hybridized carbons (Fsp3) is 0.389. The molecule has 0 unspecified atom stereocenters. The van der Waals surface area contributed by atoms with Gasteiger partial charge in [0.1, 0.15) is 6.54 Å². The summed E-state index contributed by atoms with van der Waals surface area (Å²) in [5, 5.41) is 4.16. The Balaban J connectivity index is 1.76. The summed E-state index contributed by atoms with van der Waals surface area (Å²) in [4.78, 5) is 23.8. The molecule has 0 aliphatic carbocycles. The van der Waals surface area contributed by atoms with Gasteiger partial charge in [0, 0.05) is 18.7 Å². The fourth-order valence-corrected chi connectivity index (χ4v) is 3.59. The van der Waals surface area contributed by atoms with E-state index in [9.17, 15) is 18.0 Å². The van der Waals surface area contributed by atoms with Crippen molar-refractivity contribution in [2.24, 2.45) is 0 Å². The molecule has 2 aromatic rings. The number of aromatic nitrogens is 2. The molecule has 3 N–H and O–H groups in total. The van der Waals surface area contributed by atoms with Gasteiger partial charge in [-0.15, -0.1) is 0 Å². The molecule has 28 heavy (non-hydrogen) atoms. The minimum atomic E-state index is -3.70. The van der Waals surface area contributed by atoms with Gasteiger partial charge < -0.3 is 0 Å². The normalized spacial score (nSPS) is 11.3. The lowest BCUT2D eigenvalue weighted by Gasteiger charge is -2.10. The minimum absolute atomic E-state index is 0.0284. The van der Waals surface area contributed by atoms with E-state index in [0.29, 0.717) is 0 Å². The van der Waals surface area contributed by atoms with Crippen molar-refractivity contribution in [1.82, 2.24) is 25.4 Å². The van der Waals surface area contributed by atoms with E-state index in [-0.39, 0.29) is 24.4 Å². The summed E-state index contributed by atoms with van der Waals surface area (Å²) >= 11 is 0. The predicted octanol–water partition coefficient (Wildman–Crippen LogP) is 0.633. The van der Waals surface area contributed by atoms with E-state index in [2.05, 4.69) is 20.7 Å². The van der Waals surface area contributed by atoms with Gasteiger partial charge in [0.15, 0.2) is 0 Å². The number of sulfonamides is 1. The number of hydrogen-bond acceptors (Lipinski definition) is 5. The third-order valence-electron chi connectivity index (χ3n) is 4.17. The van der Waals surface area contributed by atoms with Gasteiger partial charge in [-0.2, -0.15) is 5.10 Å². The zero-order valence-corrected chi connectivity index (χ0v) is 17.2. The van der Waals surface area contributed by atoms with E-state index in [4.69, 9.17) is 0 Å². The Bertz CT molecular complexity index is 982. The Hall–Kier alpha value is -2.72. The Morgan fingerprint density at radius 2 is 1.68 bits per heavy atom. The highest BCUT2D eigenvalue weighted by Crippen LogP contribution is 2.14. The molecule has 0 aliphatic rings. The van der Waals surface area contributed by atoms with E-state index >= 15 is 0 Å². The Morgan fingerprint density at radius 3 is 2.29 bits per heavy atom. The van der Waals surface area contributed by atoms with Crippen molar-refractivity contribution in [2.45, 2.75) is 45.6 Å². The first-order chi connectivity index (χ1) is 13.1. The number of hydrogen-bond donors (Lipinski definition) is 3. The molecule has 0 fully saturated rings. The molecule has 0 atom stereocenters. The van der Waals surface area contributed by atoms with E-state index in [0.717, 1.165) is 22.5 Å². The largest absolute Gasteiger partial charge is 0.273 e. The lowest BCUT2D eigenvalue weighted by molar-refractivity contribution is -0.129. The monoisotopic (exact) mass is 407 g/mol. The maximum absolute atomic E-state index is 12.3. The maximum atomic E-state index is 12.3. The summed E-state index contributed by atoms with van der Waals surface area (Å²) in [7, 11) is -3.70. The average Bonchev–Trinajstić information content (AvgIpc) is 2.92. The van der Waals surface area contributed by atoms with Crippen LogP contribution in [0.1, 0.15) is 28.9 Å². The Morgan fingerprint density at radius 1 is 1.00 bits per heavy atom. The topological polar surface area (TPSA) is 122 Å². The van der Waals surface area contributed by atoms with Gasteiger partial charge >= 0.3 is 0 Å². The summed E-state index contributed by atoms with van der Waals surface area (Å²) < 4.78 is 28.4. The van der Waals surface area contributed by atoms with Crippen LogP contribution in [0, 0.1) is 27.7 Å². The van der Waals surface area contributed by atoms with Crippen LogP contribution in [0.25, 0.3) is 0 Å². The van der Waals surface area contributed by atoms with Crippen LogP contribution in [0.3, 0.4) is 0 Å². The van der Waals surface area contributed by atoms with Crippen LogP contribution in [0.2, 0.25) is 0 Å². The maximum Gasteiger partial charge on any atom is 0.260 e. The lowest BCUT2D eigenvalue weighted by Crippen LogP contribution is -2.44. The second kappa shape index (κ2) is 8.98. The van der Waals surface area contributed by atoms with Crippen LogP contribution in [0.15, 0.2) is 29.2 Å². The summed E-state index contributed by atoms with van der Waals surface area (Å²) in [5.41, 5.74) is 8.03. The molecule has 152 valence electrons. The molecule has 0 aliphatic heterocycles. The van der Waals surface area contributed by atoms with Crippen molar-refractivity contribution in [3.05, 3.63) is 46.8 Å². The summed E-state index contributed by atoms with van der Waals surface area (Å²) in [6.07, 6.45) is -0.121. The fourth-order valence-electron chi connectivity index (χ4n) is 2.48. The van der Waals surface area contributed by atoms with Gasteiger partial charge in [0.25, 0.3) is 5.91 Å². The van der Waals surface area contributed by atoms with Crippen molar-refractivity contribution in [3.63, 3.8) is 0 Å². The Labute approximate surface area is 164 Å². The van der Waals surface area contributed by atoms with E-state index < -0.39 is 21.8 Å². The van der Waals surface area contributed by atoms with Crippen LogP contribution < -0.4 is 15.6 Å². The lowest BCUT2D eigenvalue weighted by atomic mass is 10.1. The zero-order chi connectivity index (χ0) is 20.9. The van der Waals surface area contributed by atoms with Crippen LogP contribution >= 0.6 is 0 Å². The first kappa shape index (κ1) is 21.6. The van der Waals surface area contributed by atoms with Crippen LogP contribution in [-0.4, -0.2) is 36.6 Å². The summed E-state index contributed by atoms with van der Waals surface area (Å²) in [6, 6.07) is 6.67. The molecule has 0 radical (unpaired) electrons. The predicted molar refractivity (Wildman–Crippen MR) is 104 cm³/mol.